The average Bonchev–Trinajstić information content (AvgIpc) is 2.91. The molecule has 0 spiro atoms. The molecule has 2 heterocycles. The Morgan fingerprint density at radius 1 is 1.25 bits per heavy atom. The standard InChI is InChI=1S/C20H25N3O5/c1-14-7-6-10-22(11-14)16(24)13-28-17(25)12-23-18(26)20(2,21-19(23)27)15-8-4-3-5-9-15/h3-5,8-9,14H,6-7,10-13H2,1-2H3,(H,21,27)/t14-,20-/m0/s1. The number of hydrogen-bond donors (Lipinski definition) is 1. The second kappa shape index (κ2) is 8.00. The van der Waals surface area contributed by atoms with Crippen LogP contribution < -0.4 is 5.32 Å². The van der Waals surface area contributed by atoms with Crippen LogP contribution in [0.25, 0.3) is 0 Å². The zero-order chi connectivity index (χ0) is 20.3. The van der Waals surface area contributed by atoms with E-state index in [4.69, 9.17) is 4.74 Å². The summed E-state index contributed by atoms with van der Waals surface area (Å²) >= 11 is 0. The van der Waals surface area contributed by atoms with E-state index < -0.39 is 30.0 Å². The molecule has 8 heteroatoms. The molecule has 2 fully saturated rings. The van der Waals surface area contributed by atoms with E-state index in [0.717, 1.165) is 17.7 Å². The number of carbonyl (C=O) groups excluding carboxylic acids is 4. The van der Waals surface area contributed by atoms with Gasteiger partial charge in [0.2, 0.25) is 0 Å². The lowest BCUT2D eigenvalue weighted by molar-refractivity contribution is -0.154. The first-order valence-electron chi connectivity index (χ1n) is 9.44. The van der Waals surface area contributed by atoms with Crippen molar-refractivity contribution in [2.75, 3.05) is 26.2 Å². The molecule has 1 aromatic rings. The van der Waals surface area contributed by atoms with Gasteiger partial charge in [-0.2, -0.15) is 0 Å². The van der Waals surface area contributed by atoms with Crippen molar-refractivity contribution in [2.24, 2.45) is 5.92 Å². The van der Waals surface area contributed by atoms with Crippen molar-refractivity contribution in [3.63, 3.8) is 0 Å². The molecular weight excluding hydrogens is 362 g/mol. The van der Waals surface area contributed by atoms with E-state index in [1.807, 2.05) is 6.07 Å². The van der Waals surface area contributed by atoms with Crippen molar-refractivity contribution < 1.29 is 23.9 Å². The molecule has 0 aromatic heterocycles. The molecule has 3 rings (SSSR count). The maximum atomic E-state index is 12.8. The van der Waals surface area contributed by atoms with Crippen molar-refractivity contribution >= 4 is 23.8 Å². The summed E-state index contributed by atoms with van der Waals surface area (Å²) in [5, 5.41) is 2.63. The topological polar surface area (TPSA) is 96.0 Å². The minimum Gasteiger partial charge on any atom is -0.454 e. The van der Waals surface area contributed by atoms with Gasteiger partial charge >= 0.3 is 12.0 Å². The van der Waals surface area contributed by atoms with Gasteiger partial charge in [0, 0.05) is 13.1 Å². The Morgan fingerprint density at radius 3 is 2.64 bits per heavy atom. The van der Waals surface area contributed by atoms with Crippen molar-refractivity contribution in [1.82, 2.24) is 15.1 Å². The van der Waals surface area contributed by atoms with Gasteiger partial charge in [-0.1, -0.05) is 37.3 Å². The Bertz CT molecular complexity index is 781. The number of urea groups is 1. The minimum absolute atomic E-state index is 0.258. The maximum absolute atomic E-state index is 12.8. The number of nitrogens with zero attached hydrogens (tertiary/aromatic N) is 2. The summed E-state index contributed by atoms with van der Waals surface area (Å²) in [4.78, 5) is 51.8. The molecule has 8 nitrogen and oxygen atoms in total. The van der Waals surface area contributed by atoms with Gasteiger partial charge < -0.3 is 15.0 Å². The summed E-state index contributed by atoms with van der Waals surface area (Å²) in [6.45, 7) is 4.06. The molecule has 2 aliphatic heterocycles. The van der Waals surface area contributed by atoms with Crippen molar-refractivity contribution in [3.8, 4) is 0 Å². The first-order chi connectivity index (χ1) is 13.3. The van der Waals surface area contributed by atoms with Crippen LogP contribution in [0.3, 0.4) is 0 Å². The number of piperidine rings is 1. The highest BCUT2D eigenvalue weighted by molar-refractivity contribution is 6.08. The number of imide groups is 1. The Labute approximate surface area is 163 Å². The second-order valence-corrected chi connectivity index (χ2v) is 7.56. The highest BCUT2D eigenvalue weighted by Gasteiger charge is 2.49. The quantitative estimate of drug-likeness (QED) is 0.606. The summed E-state index contributed by atoms with van der Waals surface area (Å²) in [5.41, 5.74) is -0.614. The van der Waals surface area contributed by atoms with Crippen LogP contribution in [0, 0.1) is 5.92 Å². The SMILES string of the molecule is C[C@H]1CCCN(C(=O)COC(=O)CN2C(=O)N[C@@](C)(c3ccccc3)C2=O)C1. The summed E-state index contributed by atoms with van der Waals surface area (Å²) in [6, 6.07) is 8.15. The number of esters is 1. The molecule has 28 heavy (non-hydrogen) atoms. The Balaban J connectivity index is 1.56. The van der Waals surface area contributed by atoms with Gasteiger partial charge in [-0.25, -0.2) is 4.79 Å². The number of hydrogen-bond acceptors (Lipinski definition) is 5. The fraction of sp³-hybridized carbons (Fsp3) is 0.500. The predicted octanol–water partition coefficient (Wildman–Crippen LogP) is 1.26. The predicted molar refractivity (Wildman–Crippen MR) is 100.0 cm³/mol. The molecule has 2 aliphatic rings. The summed E-state index contributed by atoms with van der Waals surface area (Å²) < 4.78 is 5.02. The van der Waals surface area contributed by atoms with Crippen LogP contribution in [0.15, 0.2) is 30.3 Å². The van der Waals surface area contributed by atoms with E-state index in [1.54, 1.807) is 36.1 Å². The van der Waals surface area contributed by atoms with Gasteiger partial charge in [0.15, 0.2) is 6.61 Å². The molecule has 1 N–H and O–H groups in total. The molecule has 150 valence electrons. The third kappa shape index (κ3) is 4.00. The molecule has 0 aliphatic carbocycles. The normalized spacial score (nSPS) is 24.9. The van der Waals surface area contributed by atoms with Gasteiger partial charge in [-0.05, 0) is 31.2 Å². The van der Waals surface area contributed by atoms with Gasteiger partial charge in [0.05, 0.1) is 0 Å². The van der Waals surface area contributed by atoms with Crippen molar-refractivity contribution in [2.45, 2.75) is 32.2 Å². The fourth-order valence-electron chi connectivity index (χ4n) is 3.63. The van der Waals surface area contributed by atoms with Crippen LogP contribution in [-0.4, -0.2) is 59.9 Å². The lowest BCUT2D eigenvalue weighted by Gasteiger charge is -2.30. The Kier molecular flexibility index (Phi) is 5.67. The number of rotatable bonds is 5. The number of likely N-dealkylation sites (tertiary alicyclic amines) is 1. The molecule has 2 saturated heterocycles. The lowest BCUT2D eigenvalue weighted by Crippen LogP contribution is -2.43. The average molecular weight is 387 g/mol. The van der Waals surface area contributed by atoms with Gasteiger partial charge in [-0.15, -0.1) is 0 Å². The van der Waals surface area contributed by atoms with Crippen LogP contribution in [0.1, 0.15) is 32.3 Å². The number of benzene rings is 1. The Hall–Kier alpha value is -2.90. The second-order valence-electron chi connectivity index (χ2n) is 7.56. The monoisotopic (exact) mass is 387 g/mol. The smallest absolute Gasteiger partial charge is 0.326 e. The van der Waals surface area contributed by atoms with Crippen LogP contribution in [0.5, 0.6) is 0 Å². The van der Waals surface area contributed by atoms with E-state index in [-0.39, 0.29) is 12.5 Å². The largest absolute Gasteiger partial charge is 0.454 e. The fourth-order valence-corrected chi connectivity index (χ4v) is 3.63. The third-order valence-corrected chi connectivity index (χ3v) is 5.28. The molecule has 0 radical (unpaired) electrons. The number of ether oxygens (including phenoxy) is 1. The molecule has 2 atom stereocenters. The van der Waals surface area contributed by atoms with Gasteiger partial charge in [-0.3, -0.25) is 19.3 Å². The van der Waals surface area contributed by atoms with Crippen LogP contribution in [0.2, 0.25) is 0 Å². The van der Waals surface area contributed by atoms with E-state index in [9.17, 15) is 19.2 Å². The third-order valence-electron chi connectivity index (χ3n) is 5.28. The van der Waals surface area contributed by atoms with E-state index >= 15 is 0 Å². The molecule has 0 unspecified atom stereocenters. The minimum atomic E-state index is -1.24. The van der Waals surface area contributed by atoms with Crippen LogP contribution >= 0.6 is 0 Å². The number of nitrogens with one attached hydrogen (secondary N) is 1. The van der Waals surface area contributed by atoms with Gasteiger partial charge in [0.1, 0.15) is 12.1 Å². The molecular formula is C20H25N3O5. The zero-order valence-electron chi connectivity index (χ0n) is 16.1. The first-order valence-corrected chi connectivity index (χ1v) is 9.44. The number of amides is 4. The lowest BCUT2D eigenvalue weighted by atomic mass is 9.92. The molecule has 4 amide bonds. The van der Waals surface area contributed by atoms with E-state index in [0.29, 0.717) is 24.6 Å². The van der Waals surface area contributed by atoms with Crippen molar-refractivity contribution in [1.29, 1.82) is 0 Å². The molecule has 0 saturated carbocycles. The highest BCUT2D eigenvalue weighted by Crippen LogP contribution is 2.28. The highest BCUT2D eigenvalue weighted by atomic mass is 16.5. The summed E-state index contributed by atoms with van der Waals surface area (Å²) in [5.74, 6) is -1.16. The molecule has 0 bridgehead atoms. The van der Waals surface area contributed by atoms with E-state index in [2.05, 4.69) is 12.2 Å². The maximum Gasteiger partial charge on any atom is 0.326 e. The summed E-state index contributed by atoms with van der Waals surface area (Å²) in [6.07, 6.45) is 2.01. The molecule has 1 aromatic carbocycles. The van der Waals surface area contributed by atoms with E-state index in [1.165, 1.54) is 0 Å². The van der Waals surface area contributed by atoms with Crippen molar-refractivity contribution in [3.05, 3.63) is 35.9 Å². The van der Waals surface area contributed by atoms with Crippen LogP contribution in [0.4, 0.5) is 4.79 Å². The summed E-state index contributed by atoms with van der Waals surface area (Å²) in [7, 11) is 0. The zero-order valence-corrected chi connectivity index (χ0v) is 16.1. The van der Waals surface area contributed by atoms with Crippen LogP contribution in [-0.2, 0) is 24.7 Å². The first kappa shape index (κ1) is 19.9. The Morgan fingerprint density at radius 2 is 1.96 bits per heavy atom. The number of carbonyl (C=O) groups is 4. The van der Waals surface area contributed by atoms with Gasteiger partial charge in [0.25, 0.3) is 11.8 Å².